The van der Waals surface area contributed by atoms with E-state index in [4.69, 9.17) is 20.9 Å². The van der Waals surface area contributed by atoms with Crippen LogP contribution in [0.2, 0.25) is 5.02 Å². The first kappa shape index (κ1) is 17.1. The van der Waals surface area contributed by atoms with Crippen LogP contribution in [0.1, 0.15) is 11.7 Å². The lowest BCUT2D eigenvalue weighted by Gasteiger charge is -2.07. The monoisotopic (exact) mass is 363 g/mol. The second kappa shape index (κ2) is 7.32. The van der Waals surface area contributed by atoms with Crippen molar-refractivity contribution in [3.05, 3.63) is 34.9 Å². The van der Waals surface area contributed by atoms with Crippen molar-refractivity contribution in [3.8, 4) is 5.75 Å². The Labute approximate surface area is 137 Å². The topological polar surface area (TPSA) is 94.3 Å². The number of halogens is 1. The largest absolute Gasteiger partial charge is 0.495 e. The number of rotatable bonds is 7. The molecule has 0 unspecified atom stereocenters. The standard InChI is InChI=1S/C12H14ClN3O4S2/c1-19-10-4-3-8(5-9(10)13)22(17,18)14-6-12-15-11(7-21-2)16-20-12/h3-5,14H,6-7H2,1-2H3. The van der Waals surface area contributed by atoms with Crippen LogP contribution < -0.4 is 9.46 Å². The van der Waals surface area contributed by atoms with Gasteiger partial charge in [0.05, 0.1) is 29.3 Å². The number of ether oxygens (including phenoxy) is 1. The van der Waals surface area contributed by atoms with E-state index in [-0.39, 0.29) is 22.4 Å². The Morgan fingerprint density at radius 3 is 2.86 bits per heavy atom. The summed E-state index contributed by atoms with van der Waals surface area (Å²) in [6.07, 6.45) is 1.91. The van der Waals surface area contributed by atoms with E-state index in [2.05, 4.69) is 14.9 Å². The van der Waals surface area contributed by atoms with Crippen LogP contribution in [0.3, 0.4) is 0 Å². The molecule has 0 aliphatic carbocycles. The lowest BCUT2D eigenvalue weighted by atomic mass is 10.3. The van der Waals surface area contributed by atoms with Crippen molar-refractivity contribution >= 4 is 33.4 Å². The third kappa shape index (κ3) is 4.13. The van der Waals surface area contributed by atoms with Gasteiger partial charge >= 0.3 is 0 Å². The molecule has 2 rings (SSSR count). The van der Waals surface area contributed by atoms with Crippen molar-refractivity contribution in [2.75, 3.05) is 13.4 Å². The van der Waals surface area contributed by atoms with E-state index in [0.717, 1.165) is 0 Å². The van der Waals surface area contributed by atoms with Gasteiger partial charge in [0.25, 0.3) is 0 Å². The van der Waals surface area contributed by atoms with E-state index in [9.17, 15) is 8.42 Å². The van der Waals surface area contributed by atoms with Gasteiger partial charge in [-0.2, -0.15) is 16.7 Å². The SMILES string of the molecule is COc1ccc(S(=O)(=O)NCc2nc(CSC)no2)cc1Cl. The highest BCUT2D eigenvalue weighted by molar-refractivity contribution is 7.97. The Morgan fingerprint density at radius 2 is 2.23 bits per heavy atom. The molecule has 120 valence electrons. The van der Waals surface area contributed by atoms with Gasteiger partial charge in [-0.1, -0.05) is 16.8 Å². The Morgan fingerprint density at radius 1 is 1.45 bits per heavy atom. The van der Waals surface area contributed by atoms with Crippen molar-refractivity contribution in [3.63, 3.8) is 0 Å². The lowest BCUT2D eigenvalue weighted by Crippen LogP contribution is -2.23. The van der Waals surface area contributed by atoms with E-state index in [1.165, 1.54) is 25.3 Å². The predicted molar refractivity (Wildman–Crippen MR) is 83.5 cm³/mol. The number of methoxy groups -OCH3 is 1. The molecule has 0 bridgehead atoms. The molecule has 0 atom stereocenters. The molecule has 0 saturated heterocycles. The van der Waals surface area contributed by atoms with Crippen LogP contribution in [0.5, 0.6) is 5.75 Å². The molecular formula is C12H14ClN3O4S2. The summed E-state index contributed by atoms with van der Waals surface area (Å²) in [6.45, 7) is -0.0899. The number of nitrogens with zero attached hydrogens (tertiary/aromatic N) is 2. The Hall–Kier alpha value is -1.29. The van der Waals surface area contributed by atoms with Crippen LogP contribution in [0, 0.1) is 0 Å². The van der Waals surface area contributed by atoms with Gasteiger partial charge in [-0.15, -0.1) is 0 Å². The summed E-state index contributed by atoms with van der Waals surface area (Å²) in [5.41, 5.74) is 0. The highest BCUT2D eigenvalue weighted by Crippen LogP contribution is 2.26. The van der Waals surface area contributed by atoms with Crippen LogP contribution >= 0.6 is 23.4 Å². The first-order valence-electron chi connectivity index (χ1n) is 6.10. The molecule has 0 aliphatic rings. The first-order valence-corrected chi connectivity index (χ1v) is 9.35. The minimum Gasteiger partial charge on any atom is -0.495 e. The normalized spacial score (nSPS) is 11.6. The molecular weight excluding hydrogens is 350 g/mol. The smallest absolute Gasteiger partial charge is 0.241 e. The summed E-state index contributed by atoms with van der Waals surface area (Å²) in [6, 6.07) is 4.20. The molecule has 7 nitrogen and oxygen atoms in total. The fourth-order valence-corrected chi connectivity index (χ4v) is 3.30. The fourth-order valence-electron chi connectivity index (χ4n) is 1.60. The number of thioether (sulfide) groups is 1. The van der Waals surface area contributed by atoms with E-state index in [1.54, 1.807) is 11.8 Å². The fraction of sp³-hybridized carbons (Fsp3) is 0.333. The molecule has 0 fully saturated rings. The second-order valence-electron chi connectivity index (χ2n) is 4.16. The number of sulfonamides is 1. The highest BCUT2D eigenvalue weighted by Gasteiger charge is 2.17. The Kier molecular flexibility index (Phi) is 5.68. The first-order chi connectivity index (χ1) is 10.5. The minimum atomic E-state index is -3.73. The molecule has 0 radical (unpaired) electrons. The summed E-state index contributed by atoms with van der Waals surface area (Å²) in [5.74, 6) is 1.73. The van der Waals surface area contributed by atoms with Crippen molar-refractivity contribution < 1.29 is 17.7 Å². The summed E-state index contributed by atoms with van der Waals surface area (Å²) >= 11 is 7.47. The van der Waals surface area contributed by atoms with E-state index >= 15 is 0 Å². The summed E-state index contributed by atoms with van der Waals surface area (Å²) < 4.78 is 36.7. The van der Waals surface area contributed by atoms with Gasteiger partial charge in [0.2, 0.25) is 15.9 Å². The van der Waals surface area contributed by atoms with E-state index < -0.39 is 10.0 Å². The highest BCUT2D eigenvalue weighted by atomic mass is 35.5. The van der Waals surface area contributed by atoms with Gasteiger partial charge in [-0.25, -0.2) is 13.1 Å². The van der Waals surface area contributed by atoms with Gasteiger partial charge < -0.3 is 9.26 Å². The molecule has 1 heterocycles. The zero-order valence-electron chi connectivity index (χ0n) is 11.9. The third-order valence-electron chi connectivity index (χ3n) is 2.63. The maximum absolute atomic E-state index is 12.2. The molecule has 10 heteroatoms. The number of hydrogen-bond acceptors (Lipinski definition) is 7. The predicted octanol–water partition coefficient (Wildman–Crippen LogP) is 2.07. The zero-order valence-corrected chi connectivity index (χ0v) is 14.3. The van der Waals surface area contributed by atoms with Crippen molar-refractivity contribution in [1.29, 1.82) is 0 Å². The average molecular weight is 364 g/mol. The Balaban J connectivity index is 2.08. The molecule has 1 N–H and O–H groups in total. The van der Waals surface area contributed by atoms with Crippen LogP contribution in [0.15, 0.2) is 27.6 Å². The molecule has 0 amide bonds. The number of nitrogens with one attached hydrogen (secondary N) is 1. The van der Waals surface area contributed by atoms with Crippen LogP contribution in [-0.2, 0) is 22.3 Å². The molecule has 0 aliphatic heterocycles. The minimum absolute atomic E-state index is 0.0298. The summed E-state index contributed by atoms with van der Waals surface area (Å²) in [4.78, 5) is 4.10. The van der Waals surface area contributed by atoms with Crippen LogP contribution in [0.4, 0.5) is 0 Å². The van der Waals surface area contributed by atoms with Crippen molar-refractivity contribution in [1.82, 2.24) is 14.9 Å². The number of benzene rings is 1. The van der Waals surface area contributed by atoms with Gasteiger partial charge in [0.1, 0.15) is 5.75 Å². The van der Waals surface area contributed by atoms with Gasteiger partial charge in [0, 0.05) is 0 Å². The van der Waals surface area contributed by atoms with Gasteiger partial charge in [0.15, 0.2) is 5.82 Å². The van der Waals surface area contributed by atoms with Crippen molar-refractivity contribution in [2.24, 2.45) is 0 Å². The quantitative estimate of drug-likeness (QED) is 0.804. The zero-order chi connectivity index (χ0) is 16.2. The molecule has 22 heavy (non-hydrogen) atoms. The Bertz CT molecular complexity index is 749. The van der Waals surface area contributed by atoms with Gasteiger partial charge in [-0.05, 0) is 24.5 Å². The third-order valence-corrected chi connectivity index (χ3v) is 4.87. The van der Waals surface area contributed by atoms with Gasteiger partial charge in [-0.3, -0.25) is 0 Å². The van der Waals surface area contributed by atoms with Crippen LogP contribution in [0.25, 0.3) is 0 Å². The number of aromatic nitrogens is 2. The maximum atomic E-state index is 12.2. The molecule has 0 saturated carbocycles. The lowest BCUT2D eigenvalue weighted by molar-refractivity contribution is 0.371. The molecule has 0 spiro atoms. The van der Waals surface area contributed by atoms with E-state index in [0.29, 0.717) is 17.3 Å². The molecule has 1 aromatic carbocycles. The van der Waals surface area contributed by atoms with E-state index in [1.807, 2.05) is 6.26 Å². The average Bonchev–Trinajstić information content (AvgIpc) is 2.93. The number of hydrogen-bond donors (Lipinski definition) is 1. The van der Waals surface area contributed by atoms with Crippen LogP contribution in [-0.4, -0.2) is 31.9 Å². The molecule has 2 aromatic rings. The summed E-state index contributed by atoms with van der Waals surface area (Å²) in [5, 5.41) is 3.95. The second-order valence-corrected chi connectivity index (χ2v) is 7.20. The maximum Gasteiger partial charge on any atom is 0.241 e. The summed E-state index contributed by atoms with van der Waals surface area (Å²) in [7, 11) is -2.28. The molecule has 1 aromatic heterocycles. The van der Waals surface area contributed by atoms with Crippen molar-refractivity contribution in [2.45, 2.75) is 17.2 Å².